The molecule has 0 aliphatic carbocycles. The largest absolute Gasteiger partial charge is 0.396 e. The van der Waals surface area contributed by atoms with Gasteiger partial charge in [-0.25, -0.2) is 0 Å². The van der Waals surface area contributed by atoms with Crippen molar-refractivity contribution in [3.8, 4) is 0 Å². The monoisotopic (exact) mass is 427 g/mol. The van der Waals surface area contributed by atoms with E-state index in [1.807, 2.05) is 12.1 Å². The quantitative estimate of drug-likeness (QED) is 0.684. The van der Waals surface area contributed by atoms with Gasteiger partial charge in [-0.05, 0) is 47.2 Å². The van der Waals surface area contributed by atoms with Crippen LogP contribution in [0.4, 0.5) is 0 Å². The molecule has 0 aliphatic rings. The molecule has 1 rings (SSSR count). The highest BCUT2D eigenvalue weighted by atomic mass is 127. The molecule has 100 valence electrons. The average molecular weight is 428 g/mol. The van der Waals surface area contributed by atoms with Crippen LogP contribution < -0.4 is 5.32 Å². The highest BCUT2D eigenvalue weighted by Gasteiger charge is 2.15. The van der Waals surface area contributed by atoms with Crippen molar-refractivity contribution in [2.24, 2.45) is 0 Å². The van der Waals surface area contributed by atoms with E-state index in [0.717, 1.165) is 8.04 Å². The summed E-state index contributed by atoms with van der Waals surface area (Å²) >= 11 is 5.46. The van der Waals surface area contributed by atoms with Gasteiger partial charge in [0.25, 0.3) is 5.91 Å². The van der Waals surface area contributed by atoms with Crippen molar-refractivity contribution >= 4 is 44.4 Å². The molecule has 0 aromatic heterocycles. The lowest BCUT2D eigenvalue weighted by atomic mass is 10.1. The van der Waals surface area contributed by atoms with Crippen LogP contribution in [-0.4, -0.2) is 37.4 Å². The van der Waals surface area contributed by atoms with Gasteiger partial charge in [-0.3, -0.25) is 4.79 Å². The Morgan fingerprint density at radius 1 is 1.61 bits per heavy atom. The van der Waals surface area contributed by atoms with Crippen LogP contribution in [0.1, 0.15) is 16.8 Å². The minimum Gasteiger partial charge on any atom is -0.396 e. The minimum atomic E-state index is -0.178. The lowest BCUT2D eigenvalue weighted by Crippen LogP contribution is -2.39. The van der Waals surface area contributed by atoms with Crippen LogP contribution in [0, 0.1) is 3.57 Å². The first kappa shape index (κ1) is 15.9. The molecule has 0 saturated carbocycles. The Labute approximate surface area is 128 Å². The molecule has 1 unspecified atom stereocenters. The van der Waals surface area contributed by atoms with Crippen LogP contribution in [0.2, 0.25) is 0 Å². The first-order valence-corrected chi connectivity index (χ1v) is 7.31. The van der Waals surface area contributed by atoms with Crippen LogP contribution >= 0.6 is 38.5 Å². The first-order valence-electron chi connectivity index (χ1n) is 5.44. The number of amides is 1. The fraction of sp³-hybridized carbons (Fsp3) is 0.417. The van der Waals surface area contributed by atoms with E-state index in [4.69, 9.17) is 9.84 Å². The molecular formula is C12H15BrINO3. The highest BCUT2D eigenvalue weighted by Crippen LogP contribution is 2.18. The van der Waals surface area contributed by atoms with Gasteiger partial charge in [-0.15, -0.1) is 0 Å². The van der Waals surface area contributed by atoms with E-state index in [-0.39, 0.29) is 18.6 Å². The Bertz CT molecular complexity index is 408. The summed E-state index contributed by atoms with van der Waals surface area (Å²) in [7, 11) is 1.57. The average Bonchev–Trinajstić information content (AvgIpc) is 2.33. The van der Waals surface area contributed by atoms with E-state index in [1.165, 1.54) is 0 Å². The summed E-state index contributed by atoms with van der Waals surface area (Å²) in [5, 5.41) is 11.8. The number of halogens is 2. The molecule has 0 aliphatic heterocycles. The van der Waals surface area contributed by atoms with E-state index in [9.17, 15) is 4.79 Å². The maximum Gasteiger partial charge on any atom is 0.252 e. The van der Waals surface area contributed by atoms with Crippen molar-refractivity contribution in [1.29, 1.82) is 0 Å². The SMILES string of the molecule is COCC(CCO)NC(=O)c1cc(Br)ccc1I. The molecule has 18 heavy (non-hydrogen) atoms. The number of aliphatic hydroxyl groups excluding tert-OH is 1. The number of nitrogens with one attached hydrogen (secondary N) is 1. The van der Waals surface area contributed by atoms with Gasteiger partial charge >= 0.3 is 0 Å². The summed E-state index contributed by atoms with van der Waals surface area (Å²) in [6, 6.07) is 5.36. The maximum absolute atomic E-state index is 12.1. The zero-order valence-electron chi connectivity index (χ0n) is 9.95. The van der Waals surface area contributed by atoms with Crippen LogP contribution in [-0.2, 0) is 4.74 Å². The minimum absolute atomic E-state index is 0.0177. The number of aliphatic hydroxyl groups is 1. The molecule has 0 bridgehead atoms. The van der Waals surface area contributed by atoms with Crippen LogP contribution in [0.5, 0.6) is 0 Å². The normalized spacial score (nSPS) is 12.2. The van der Waals surface area contributed by atoms with Gasteiger partial charge in [0.15, 0.2) is 0 Å². The Kier molecular flexibility index (Phi) is 7.13. The van der Waals surface area contributed by atoms with Gasteiger partial charge in [0, 0.05) is 21.8 Å². The summed E-state index contributed by atoms with van der Waals surface area (Å²) in [6.45, 7) is 0.404. The molecule has 4 nitrogen and oxygen atoms in total. The molecule has 0 heterocycles. The van der Waals surface area contributed by atoms with E-state index in [1.54, 1.807) is 13.2 Å². The molecule has 1 aromatic rings. The Morgan fingerprint density at radius 2 is 2.33 bits per heavy atom. The van der Waals surface area contributed by atoms with Crippen LogP contribution in [0.3, 0.4) is 0 Å². The van der Waals surface area contributed by atoms with Crippen LogP contribution in [0.15, 0.2) is 22.7 Å². The Morgan fingerprint density at radius 3 is 2.94 bits per heavy atom. The molecule has 2 N–H and O–H groups in total. The van der Waals surface area contributed by atoms with E-state index in [2.05, 4.69) is 43.8 Å². The predicted octanol–water partition coefficient (Wildman–Crippen LogP) is 2.18. The van der Waals surface area contributed by atoms with Crippen molar-refractivity contribution in [2.75, 3.05) is 20.3 Å². The number of rotatable bonds is 6. The molecule has 0 radical (unpaired) electrons. The predicted molar refractivity (Wildman–Crippen MR) is 81.7 cm³/mol. The van der Waals surface area contributed by atoms with Crippen molar-refractivity contribution in [1.82, 2.24) is 5.32 Å². The van der Waals surface area contributed by atoms with Gasteiger partial charge in [-0.2, -0.15) is 0 Å². The van der Waals surface area contributed by atoms with E-state index < -0.39 is 0 Å². The van der Waals surface area contributed by atoms with Crippen molar-refractivity contribution in [3.63, 3.8) is 0 Å². The van der Waals surface area contributed by atoms with Gasteiger partial charge in [0.2, 0.25) is 0 Å². The summed E-state index contributed by atoms with van der Waals surface area (Å²) in [5.74, 6) is -0.156. The van der Waals surface area contributed by atoms with Gasteiger partial charge < -0.3 is 15.2 Å². The summed E-state index contributed by atoms with van der Waals surface area (Å²) in [5.41, 5.74) is 0.615. The first-order chi connectivity index (χ1) is 8.58. The second-order valence-electron chi connectivity index (χ2n) is 3.76. The molecule has 0 fully saturated rings. The zero-order chi connectivity index (χ0) is 13.5. The molecule has 1 amide bonds. The smallest absolute Gasteiger partial charge is 0.252 e. The number of methoxy groups -OCH3 is 1. The third-order valence-electron chi connectivity index (χ3n) is 2.35. The van der Waals surface area contributed by atoms with Crippen LogP contribution in [0.25, 0.3) is 0 Å². The standard InChI is InChI=1S/C12H15BrINO3/c1-18-7-9(4-5-16)15-12(17)10-6-8(13)2-3-11(10)14/h2-3,6,9,16H,4-5,7H2,1H3,(H,15,17). The second-order valence-corrected chi connectivity index (χ2v) is 5.84. The van der Waals surface area contributed by atoms with Gasteiger partial charge in [-0.1, -0.05) is 15.9 Å². The third-order valence-corrected chi connectivity index (χ3v) is 3.79. The van der Waals surface area contributed by atoms with E-state index in [0.29, 0.717) is 18.6 Å². The van der Waals surface area contributed by atoms with Gasteiger partial charge in [0.05, 0.1) is 18.2 Å². The van der Waals surface area contributed by atoms with Gasteiger partial charge in [0.1, 0.15) is 0 Å². The number of hydrogen-bond donors (Lipinski definition) is 2. The fourth-order valence-electron chi connectivity index (χ4n) is 1.49. The molecule has 0 saturated heterocycles. The summed E-state index contributed by atoms with van der Waals surface area (Å²) in [4.78, 5) is 12.1. The molecule has 1 atom stereocenters. The van der Waals surface area contributed by atoms with Crippen molar-refractivity contribution in [3.05, 3.63) is 31.8 Å². The zero-order valence-corrected chi connectivity index (χ0v) is 13.7. The summed E-state index contributed by atoms with van der Waals surface area (Å²) < 4.78 is 6.75. The van der Waals surface area contributed by atoms with E-state index >= 15 is 0 Å². The number of ether oxygens (including phenoxy) is 1. The Hall–Kier alpha value is -0.180. The Balaban J connectivity index is 2.76. The summed E-state index contributed by atoms with van der Waals surface area (Å²) in [6.07, 6.45) is 0.476. The number of hydrogen-bond acceptors (Lipinski definition) is 3. The van der Waals surface area contributed by atoms with Crippen molar-refractivity contribution in [2.45, 2.75) is 12.5 Å². The topological polar surface area (TPSA) is 58.6 Å². The lowest BCUT2D eigenvalue weighted by molar-refractivity contribution is 0.0878. The molecule has 1 aromatic carbocycles. The second kappa shape index (κ2) is 8.08. The third kappa shape index (κ3) is 4.83. The van der Waals surface area contributed by atoms with Crippen molar-refractivity contribution < 1.29 is 14.6 Å². The highest BCUT2D eigenvalue weighted by molar-refractivity contribution is 14.1. The fourth-order valence-corrected chi connectivity index (χ4v) is 2.43. The lowest BCUT2D eigenvalue weighted by Gasteiger charge is -2.17. The number of benzene rings is 1. The molecule has 6 heteroatoms. The number of carbonyl (C=O) groups excluding carboxylic acids is 1. The molecular weight excluding hydrogens is 413 g/mol. The maximum atomic E-state index is 12.1. The molecule has 0 spiro atoms. The number of carbonyl (C=O) groups is 1.